The number of ether oxygens (including phenoxy) is 1. The summed E-state index contributed by atoms with van der Waals surface area (Å²) >= 11 is 0. The van der Waals surface area contributed by atoms with Gasteiger partial charge in [-0.05, 0) is 50.9 Å². The fourth-order valence-corrected chi connectivity index (χ4v) is 2.83. The molecule has 138 valence electrons. The van der Waals surface area contributed by atoms with Gasteiger partial charge < -0.3 is 19.2 Å². The zero-order valence-corrected chi connectivity index (χ0v) is 15.6. The van der Waals surface area contributed by atoms with Crippen molar-refractivity contribution in [3.63, 3.8) is 0 Å². The lowest BCUT2D eigenvalue weighted by atomic mass is 9.77. The summed E-state index contributed by atoms with van der Waals surface area (Å²) in [5, 5.41) is 17.4. The normalized spacial score (nSPS) is 19.2. The number of esters is 1. The van der Waals surface area contributed by atoms with Gasteiger partial charge in [-0.2, -0.15) is 5.10 Å². The third kappa shape index (κ3) is 3.16. The van der Waals surface area contributed by atoms with Crippen LogP contribution < -0.4 is 0 Å². The lowest BCUT2D eigenvalue weighted by Crippen LogP contribution is -2.41. The molecule has 8 heteroatoms. The van der Waals surface area contributed by atoms with Crippen molar-refractivity contribution in [3.8, 4) is 0 Å². The first-order valence-electron chi connectivity index (χ1n) is 8.41. The fraction of sp³-hybridized carbons (Fsp3) is 0.444. The minimum absolute atomic E-state index is 0.231. The predicted octanol–water partition coefficient (Wildman–Crippen LogP) is 2.36. The molecule has 0 bridgehead atoms. The number of H-pyrrole nitrogens is 1. The number of fused-ring (bicyclic) bond motifs is 1. The molecule has 1 saturated heterocycles. The van der Waals surface area contributed by atoms with E-state index in [4.69, 9.17) is 14.0 Å². The van der Waals surface area contributed by atoms with E-state index in [1.54, 1.807) is 18.3 Å². The summed E-state index contributed by atoms with van der Waals surface area (Å²) in [5.41, 5.74) is 1.37. The number of nitrogens with one attached hydrogen (secondary N) is 1. The Morgan fingerprint density at radius 1 is 1.31 bits per heavy atom. The van der Waals surface area contributed by atoms with Crippen LogP contribution in [0, 0.1) is 0 Å². The molecule has 1 aromatic carbocycles. The first kappa shape index (κ1) is 18.6. The standard InChI is InChI=1S/C18H23BN2O5/c1-17(2)18(3,4)26-19(25-17)12(10-22)6-11-7-13(16(23)24-5)14-9-20-21-15(14)8-11/h6-9,22H,10H2,1-5H3,(H,20,21). The Balaban J connectivity index is 2.01. The van der Waals surface area contributed by atoms with Gasteiger partial charge in [0.15, 0.2) is 0 Å². The smallest absolute Gasteiger partial charge is 0.465 e. The molecule has 0 aliphatic carbocycles. The second kappa shape index (κ2) is 6.53. The third-order valence-electron chi connectivity index (χ3n) is 5.08. The van der Waals surface area contributed by atoms with E-state index < -0.39 is 24.3 Å². The predicted molar refractivity (Wildman–Crippen MR) is 98.6 cm³/mol. The van der Waals surface area contributed by atoms with Crippen molar-refractivity contribution in [2.24, 2.45) is 0 Å². The number of hydrogen-bond acceptors (Lipinski definition) is 6. The van der Waals surface area contributed by atoms with E-state index in [9.17, 15) is 9.90 Å². The molecule has 2 aromatic rings. The highest BCUT2D eigenvalue weighted by molar-refractivity contribution is 6.55. The van der Waals surface area contributed by atoms with Crippen LogP contribution in [0.2, 0.25) is 0 Å². The van der Waals surface area contributed by atoms with Gasteiger partial charge in [-0.1, -0.05) is 6.08 Å². The molecule has 0 spiro atoms. The maximum absolute atomic E-state index is 12.1. The second-order valence-corrected chi connectivity index (χ2v) is 7.36. The number of aliphatic hydroxyl groups excluding tert-OH is 1. The molecule has 2 N–H and O–H groups in total. The fourth-order valence-electron chi connectivity index (χ4n) is 2.83. The quantitative estimate of drug-likeness (QED) is 0.644. The minimum Gasteiger partial charge on any atom is -0.465 e. The van der Waals surface area contributed by atoms with Crippen LogP contribution in [0.3, 0.4) is 0 Å². The first-order chi connectivity index (χ1) is 12.2. The summed E-state index contributed by atoms with van der Waals surface area (Å²) in [6, 6.07) is 3.54. The zero-order chi connectivity index (χ0) is 19.1. The number of hydrogen-bond donors (Lipinski definition) is 2. The summed E-state index contributed by atoms with van der Waals surface area (Å²) in [7, 11) is 0.671. The third-order valence-corrected chi connectivity index (χ3v) is 5.08. The maximum atomic E-state index is 12.1. The summed E-state index contributed by atoms with van der Waals surface area (Å²) in [4.78, 5) is 12.1. The minimum atomic E-state index is -0.663. The van der Waals surface area contributed by atoms with E-state index in [1.807, 2.05) is 33.8 Å². The molecular weight excluding hydrogens is 335 g/mol. The van der Waals surface area contributed by atoms with Crippen molar-refractivity contribution < 1.29 is 23.9 Å². The molecular formula is C18H23BN2O5. The number of aliphatic hydroxyl groups is 1. The van der Waals surface area contributed by atoms with E-state index in [2.05, 4.69) is 10.2 Å². The average molecular weight is 358 g/mol. The molecule has 0 saturated carbocycles. The number of aromatic nitrogens is 2. The number of aromatic amines is 1. The highest BCUT2D eigenvalue weighted by Crippen LogP contribution is 2.38. The van der Waals surface area contributed by atoms with Crippen molar-refractivity contribution in [1.82, 2.24) is 10.2 Å². The van der Waals surface area contributed by atoms with Crippen molar-refractivity contribution in [2.45, 2.75) is 38.9 Å². The monoisotopic (exact) mass is 358 g/mol. The highest BCUT2D eigenvalue weighted by Gasteiger charge is 2.52. The molecule has 1 aromatic heterocycles. The number of rotatable bonds is 4. The molecule has 0 amide bonds. The van der Waals surface area contributed by atoms with E-state index >= 15 is 0 Å². The molecule has 1 fully saturated rings. The van der Waals surface area contributed by atoms with Crippen LogP contribution in [0.5, 0.6) is 0 Å². The van der Waals surface area contributed by atoms with Gasteiger partial charge in [0.1, 0.15) is 0 Å². The maximum Gasteiger partial charge on any atom is 0.492 e. The Bertz CT molecular complexity index is 856. The Morgan fingerprint density at radius 2 is 1.96 bits per heavy atom. The second-order valence-electron chi connectivity index (χ2n) is 7.36. The first-order valence-corrected chi connectivity index (χ1v) is 8.41. The average Bonchev–Trinajstić information content (AvgIpc) is 3.12. The van der Waals surface area contributed by atoms with Gasteiger partial charge >= 0.3 is 13.1 Å². The van der Waals surface area contributed by atoms with Gasteiger partial charge in [-0.25, -0.2) is 4.79 Å². The van der Waals surface area contributed by atoms with Crippen molar-refractivity contribution >= 4 is 30.1 Å². The Labute approximate surface area is 152 Å². The largest absolute Gasteiger partial charge is 0.492 e. The van der Waals surface area contributed by atoms with Crippen LogP contribution in [0.1, 0.15) is 43.6 Å². The summed E-state index contributed by atoms with van der Waals surface area (Å²) < 4.78 is 16.9. The topological polar surface area (TPSA) is 93.7 Å². The van der Waals surface area contributed by atoms with Crippen molar-refractivity contribution in [2.75, 3.05) is 13.7 Å². The zero-order valence-electron chi connectivity index (χ0n) is 15.6. The lowest BCUT2D eigenvalue weighted by Gasteiger charge is -2.32. The molecule has 7 nitrogen and oxygen atoms in total. The van der Waals surface area contributed by atoms with Crippen LogP contribution >= 0.6 is 0 Å². The number of carbonyl (C=O) groups excluding carboxylic acids is 1. The van der Waals surface area contributed by atoms with E-state index in [1.165, 1.54) is 7.11 Å². The Hall–Kier alpha value is -2.16. The van der Waals surface area contributed by atoms with Gasteiger partial charge in [0.25, 0.3) is 0 Å². The Morgan fingerprint density at radius 3 is 2.54 bits per heavy atom. The van der Waals surface area contributed by atoms with Crippen LogP contribution in [0.15, 0.2) is 23.8 Å². The molecule has 2 heterocycles. The number of nitrogens with zero attached hydrogens (tertiary/aromatic N) is 1. The number of benzene rings is 1. The van der Waals surface area contributed by atoms with E-state index in [0.29, 0.717) is 27.5 Å². The lowest BCUT2D eigenvalue weighted by molar-refractivity contribution is 0.00578. The molecule has 26 heavy (non-hydrogen) atoms. The van der Waals surface area contributed by atoms with Gasteiger partial charge in [0, 0.05) is 5.39 Å². The SMILES string of the molecule is COC(=O)c1cc(C=C(CO)B2OC(C)(C)C(C)(C)O2)cc2[nH]ncc12. The number of carbonyl (C=O) groups is 1. The van der Waals surface area contributed by atoms with E-state index in [0.717, 1.165) is 0 Å². The van der Waals surface area contributed by atoms with Gasteiger partial charge in [-0.3, -0.25) is 5.10 Å². The van der Waals surface area contributed by atoms with Crippen molar-refractivity contribution in [3.05, 3.63) is 34.9 Å². The molecule has 1 aliphatic rings. The Kier molecular flexibility index (Phi) is 4.68. The van der Waals surface area contributed by atoms with Crippen molar-refractivity contribution in [1.29, 1.82) is 0 Å². The summed E-state index contributed by atoms with van der Waals surface area (Å²) in [6.07, 6.45) is 3.34. The summed E-state index contributed by atoms with van der Waals surface area (Å²) in [6.45, 7) is 7.58. The summed E-state index contributed by atoms with van der Waals surface area (Å²) in [5.74, 6) is -0.451. The molecule has 0 radical (unpaired) electrons. The van der Waals surface area contributed by atoms with Gasteiger partial charge in [-0.15, -0.1) is 0 Å². The van der Waals surface area contributed by atoms with Gasteiger partial charge in [0.2, 0.25) is 0 Å². The number of methoxy groups -OCH3 is 1. The van der Waals surface area contributed by atoms with E-state index in [-0.39, 0.29) is 6.61 Å². The van der Waals surface area contributed by atoms with Crippen LogP contribution in [-0.2, 0) is 14.0 Å². The molecule has 0 atom stereocenters. The molecule has 1 aliphatic heterocycles. The van der Waals surface area contributed by atoms with Crippen LogP contribution in [-0.4, -0.2) is 53.3 Å². The van der Waals surface area contributed by atoms with Gasteiger partial charge in [0.05, 0.1) is 42.2 Å². The molecule has 3 rings (SSSR count). The molecule has 0 unspecified atom stereocenters. The van der Waals surface area contributed by atoms with Crippen LogP contribution in [0.25, 0.3) is 17.0 Å². The highest BCUT2D eigenvalue weighted by atomic mass is 16.7. The van der Waals surface area contributed by atoms with Crippen LogP contribution in [0.4, 0.5) is 0 Å².